The van der Waals surface area contributed by atoms with Crippen molar-refractivity contribution < 1.29 is 30.3 Å². The lowest BCUT2D eigenvalue weighted by atomic mass is 10.0. The number of phenols is 2. The van der Waals surface area contributed by atoms with Crippen LogP contribution in [0, 0.1) is 0 Å². The Morgan fingerprint density at radius 2 is 1.79 bits per heavy atom. The maximum absolute atomic E-state index is 11.2. The SMILES string of the molecule is C[C@H](O)CCC[C@H](O)CCC/C=C/c1cc(O)cc(O)c1C(=O)O. The molecule has 1 aromatic carbocycles. The standard InChI is InChI=1S/C18H26O6/c1-12(19)6-5-9-14(20)8-4-2-3-7-13-10-15(21)11-16(22)17(13)18(23)24/h3,7,10-12,14,19-22H,2,4-6,8-9H2,1H3,(H,23,24)/b7-3+/t12-,14+/m0/s1. The number of benzene rings is 1. The molecule has 2 atom stereocenters. The van der Waals surface area contributed by atoms with E-state index < -0.39 is 17.8 Å². The van der Waals surface area contributed by atoms with Gasteiger partial charge in [0.25, 0.3) is 0 Å². The van der Waals surface area contributed by atoms with Crippen molar-refractivity contribution in [3.63, 3.8) is 0 Å². The van der Waals surface area contributed by atoms with Gasteiger partial charge < -0.3 is 25.5 Å². The molecule has 0 aliphatic rings. The lowest BCUT2D eigenvalue weighted by Crippen LogP contribution is -2.08. The van der Waals surface area contributed by atoms with E-state index in [0.29, 0.717) is 25.7 Å². The molecule has 6 heteroatoms. The summed E-state index contributed by atoms with van der Waals surface area (Å²) in [6.07, 6.45) is 6.65. The number of unbranched alkanes of at least 4 members (excludes halogenated alkanes) is 1. The maximum atomic E-state index is 11.2. The molecule has 6 nitrogen and oxygen atoms in total. The van der Waals surface area contributed by atoms with E-state index >= 15 is 0 Å². The first-order valence-electron chi connectivity index (χ1n) is 8.13. The number of aromatic hydroxyl groups is 2. The minimum absolute atomic E-state index is 0.203. The maximum Gasteiger partial charge on any atom is 0.340 e. The fourth-order valence-electron chi connectivity index (χ4n) is 2.47. The normalized spacial score (nSPS) is 14.0. The van der Waals surface area contributed by atoms with E-state index in [1.54, 1.807) is 19.1 Å². The van der Waals surface area contributed by atoms with Crippen molar-refractivity contribution in [1.29, 1.82) is 0 Å². The Morgan fingerprint density at radius 1 is 1.12 bits per heavy atom. The first kappa shape index (κ1) is 20.0. The van der Waals surface area contributed by atoms with Crippen LogP contribution >= 0.6 is 0 Å². The zero-order valence-corrected chi connectivity index (χ0v) is 13.9. The highest BCUT2D eigenvalue weighted by Gasteiger charge is 2.15. The Hall–Kier alpha value is -2.05. The lowest BCUT2D eigenvalue weighted by molar-refractivity contribution is 0.0693. The van der Waals surface area contributed by atoms with Gasteiger partial charge in [0.05, 0.1) is 12.2 Å². The summed E-state index contributed by atoms with van der Waals surface area (Å²) in [7, 11) is 0. The second-order valence-electron chi connectivity index (χ2n) is 6.00. The second-order valence-corrected chi connectivity index (χ2v) is 6.00. The largest absolute Gasteiger partial charge is 0.508 e. The molecular weight excluding hydrogens is 312 g/mol. The number of phenolic OH excluding ortho intramolecular Hbond substituents is 1. The van der Waals surface area contributed by atoms with Crippen LogP contribution in [0.5, 0.6) is 11.5 Å². The van der Waals surface area contributed by atoms with Crippen molar-refractivity contribution in [2.75, 3.05) is 0 Å². The molecule has 0 saturated heterocycles. The number of carboxylic acids is 1. The van der Waals surface area contributed by atoms with Crippen LogP contribution in [0.3, 0.4) is 0 Å². The summed E-state index contributed by atoms with van der Waals surface area (Å²) in [5, 5.41) is 47.2. The van der Waals surface area contributed by atoms with Crippen molar-refractivity contribution in [2.45, 2.75) is 57.7 Å². The number of allylic oxidation sites excluding steroid dienone is 1. The molecule has 0 unspecified atom stereocenters. The van der Waals surface area contributed by atoms with E-state index in [0.717, 1.165) is 18.9 Å². The van der Waals surface area contributed by atoms with Gasteiger partial charge in [-0.05, 0) is 57.1 Å². The van der Waals surface area contributed by atoms with E-state index in [-0.39, 0.29) is 23.0 Å². The van der Waals surface area contributed by atoms with E-state index in [1.165, 1.54) is 6.07 Å². The number of carboxylic acid groups (broad SMARTS) is 1. The number of carbonyl (C=O) groups is 1. The van der Waals surface area contributed by atoms with Crippen LogP contribution in [0.15, 0.2) is 18.2 Å². The molecule has 0 amide bonds. The number of hydrogen-bond acceptors (Lipinski definition) is 5. The number of aliphatic hydroxyl groups excluding tert-OH is 2. The minimum atomic E-state index is -1.26. The van der Waals surface area contributed by atoms with Crippen LogP contribution in [0.4, 0.5) is 0 Å². The third-order valence-electron chi connectivity index (χ3n) is 3.71. The highest BCUT2D eigenvalue weighted by Crippen LogP contribution is 2.28. The van der Waals surface area contributed by atoms with Gasteiger partial charge in [-0.25, -0.2) is 4.79 Å². The van der Waals surface area contributed by atoms with Gasteiger partial charge in [0.1, 0.15) is 17.1 Å². The van der Waals surface area contributed by atoms with Crippen LogP contribution in [0.1, 0.15) is 61.4 Å². The summed E-state index contributed by atoms with van der Waals surface area (Å²) in [6.45, 7) is 1.72. The van der Waals surface area contributed by atoms with Gasteiger partial charge >= 0.3 is 5.97 Å². The van der Waals surface area contributed by atoms with Gasteiger partial charge in [-0.3, -0.25) is 0 Å². The quantitative estimate of drug-likeness (QED) is 0.419. The highest BCUT2D eigenvalue weighted by atomic mass is 16.4. The molecule has 0 radical (unpaired) electrons. The zero-order valence-electron chi connectivity index (χ0n) is 13.9. The first-order valence-corrected chi connectivity index (χ1v) is 8.13. The summed E-state index contributed by atoms with van der Waals surface area (Å²) in [5.41, 5.74) is -0.0142. The number of aliphatic hydroxyl groups is 2. The van der Waals surface area contributed by atoms with Crippen molar-refractivity contribution >= 4 is 12.0 Å². The molecule has 0 bridgehead atoms. The molecule has 0 aromatic heterocycles. The molecule has 0 heterocycles. The molecule has 0 aliphatic carbocycles. The average molecular weight is 338 g/mol. The lowest BCUT2D eigenvalue weighted by Gasteiger charge is -2.10. The Balaban J connectivity index is 2.47. The van der Waals surface area contributed by atoms with Gasteiger partial charge in [-0.15, -0.1) is 0 Å². The van der Waals surface area contributed by atoms with Crippen molar-refractivity contribution in [3.8, 4) is 11.5 Å². The van der Waals surface area contributed by atoms with Crippen molar-refractivity contribution in [1.82, 2.24) is 0 Å². The molecule has 1 rings (SSSR count). The van der Waals surface area contributed by atoms with E-state index in [1.807, 2.05) is 0 Å². The molecule has 0 aliphatic heterocycles. The summed E-state index contributed by atoms with van der Waals surface area (Å²) >= 11 is 0. The highest BCUT2D eigenvalue weighted by molar-refractivity contribution is 5.95. The van der Waals surface area contributed by atoms with Gasteiger partial charge in [0.15, 0.2) is 0 Å². The molecule has 24 heavy (non-hydrogen) atoms. The number of rotatable bonds is 10. The van der Waals surface area contributed by atoms with E-state index in [9.17, 15) is 20.1 Å². The van der Waals surface area contributed by atoms with Crippen LogP contribution < -0.4 is 0 Å². The third-order valence-corrected chi connectivity index (χ3v) is 3.71. The van der Waals surface area contributed by atoms with Crippen LogP contribution in [0.25, 0.3) is 6.08 Å². The molecular formula is C18H26O6. The van der Waals surface area contributed by atoms with Crippen LogP contribution in [-0.4, -0.2) is 43.7 Å². The Bertz CT molecular complexity index is 565. The fourth-order valence-corrected chi connectivity index (χ4v) is 2.47. The summed E-state index contributed by atoms with van der Waals surface area (Å²) in [5.74, 6) is -1.94. The smallest absolute Gasteiger partial charge is 0.340 e. The second kappa shape index (κ2) is 9.95. The van der Waals surface area contributed by atoms with Crippen LogP contribution in [0.2, 0.25) is 0 Å². The molecule has 134 valence electrons. The van der Waals surface area contributed by atoms with Crippen LogP contribution in [-0.2, 0) is 0 Å². The Morgan fingerprint density at radius 3 is 2.42 bits per heavy atom. The summed E-state index contributed by atoms with van der Waals surface area (Å²) < 4.78 is 0. The molecule has 1 aromatic rings. The number of hydrogen-bond donors (Lipinski definition) is 5. The van der Waals surface area contributed by atoms with Gasteiger partial charge in [0, 0.05) is 6.07 Å². The van der Waals surface area contributed by atoms with Crippen molar-refractivity contribution in [3.05, 3.63) is 29.3 Å². The third kappa shape index (κ3) is 7.02. The Kier molecular flexibility index (Phi) is 8.29. The van der Waals surface area contributed by atoms with Crippen molar-refractivity contribution in [2.24, 2.45) is 0 Å². The first-order chi connectivity index (χ1) is 11.3. The fraction of sp³-hybridized carbons (Fsp3) is 0.500. The van der Waals surface area contributed by atoms with E-state index in [4.69, 9.17) is 10.2 Å². The van der Waals surface area contributed by atoms with Gasteiger partial charge in [-0.2, -0.15) is 0 Å². The monoisotopic (exact) mass is 338 g/mol. The minimum Gasteiger partial charge on any atom is -0.508 e. The molecule has 0 saturated carbocycles. The molecule has 5 N–H and O–H groups in total. The summed E-state index contributed by atoms with van der Waals surface area (Å²) in [6, 6.07) is 2.27. The van der Waals surface area contributed by atoms with Gasteiger partial charge in [0.2, 0.25) is 0 Å². The number of aromatic carboxylic acids is 1. The predicted molar refractivity (Wildman–Crippen MR) is 91.2 cm³/mol. The van der Waals surface area contributed by atoms with E-state index in [2.05, 4.69) is 0 Å². The van der Waals surface area contributed by atoms with Gasteiger partial charge in [-0.1, -0.05) is 12.2 Å². The molecule has 0 fully saturated rings. The average Bonchev–Trinajstić information content (AvgIpc) is 2.45. The zero-order chi connectivity index (χ0) is 18.1. The predicted octanol–water partition coefficient (Wildman–Crippen LogP) is 2.89. The Labute approximate surface area is 141 Å². The molecule has 0 spiro atoms. The summed E-state index contributed by atoms with van der Waals surface area (Å²) in [4.78, 5) is 11.2. The topological polar surface area (TPSA) is 118 Å².